The van der Waals surface area contributed by atoms with Crippen LogP contribution < -0.4 is 5.32 Å². The molecule has 1 aliphatic rings. The molecule has 16 heavy (non-hydrogen) atoms. The van der Waals surface area contributed by atoms with Gasteiger partial charge in [0.2, 0.25) is 5.91 Å². The maximum atomic E-state index is 11.0. The number of benzene rings is 1. The van der Waals surface area contributed by atoms with E-state index in [9.17, 15) is 4.79 Å². The molecule has 2 nitrogen and oxygen atoms in total. The highest BCUT2D eigenvalue weighted by Crippen LogP contribution is 2.25. The van der Waals surface area contributed by atoms with E-state index in [2.05, 4.69) is 5.32 Å². The molecule has 3 heteroatoms. The molecule has 0 saturated heterocycles. The number of fused-ring (bicyclic) bond motifs is 1. The molecule has 2 rings (SSSR count). The smallest absolute Gasteiger partial charge is 0.224 e. The van der Waals surface area contributed by atoms with Gasteiger partial charge in [0.05, 0.1) is 0 Å². The van der Waals surface area contributed by atoms with Crippen molar-refractivity contribution in [1.82, 2.24) is 0 Å². The standard InChI is InChI=1S/C9H8ClNO.2C2H6/c10-7-2-3-8-6(5-7)1-4-9(12)11-8;2*1-2/h2-3,5H,1,4H2,(H,11,12);2*1-2H3. The second kappa shape index (κ2) is 8.17. The molecule has 90 valence electrons. The fourth-order valence-corrected chi connectivity index (χ4v) is 1.55. The Morgan fingerprint density at radius 3 is 2.38 bits per heavy atom. The summed E-state index contributed by atoms with van der Waals surface area (Å²) in [6, 6.07) is 5.52. The fraction of sp³-hybridized carbons (Fsp3) is 0.462. The summed E-state index contributed by atoms with van der Waals surface area (Å²) in [4.78, 5) is 11.0. The first-order valence-corrected chi connectivity index (χ1v) is 6.22. The zero-order chi connectivity index (χ0) is 12.6. The van der Waals surface area contributed by atoms with Crippen molar-refractivity contribution >= 4 is 23.2 Å². The SMILES string of the molecule is CC.CC.O=C1CCc2cc(Cl)ccc2N1. The summed E-state index contributed by atoms with van der Waals surface area (Å²) in [7, 11) is 0. The van der Waals surface area contributed by atoms with Crippen molar-refractivity contribution in [2.24, 2.45) is 0 Å². The molecule has 0 radical (unpaired) electrons. The first-order valence-electron chi connectivity index (χ1n) is 5.84. The number of anilines is 1. The molecule has 0 fully saturated rings. The normalized spacial score (nSPS) is 12.2. The first-order chi connectivity index (χ1) is 7.75. The number of nitrogens with one attached hydrogen (secondary N) is 1. The molecule has 0 unspecified atom stereocenters. The largest absolute Gasteiger partial charge is 0.326 e. The van der Waals surface area contributed by atoms with E-state index in [1.54, 1.807) is 6.07 Å². The van der Waals surface area contributed by atoms with Crippen molar-refractivity contribution in [1.29, 1.82) is 0 Å². The van der Waals surface area contributed by atoms with E-state index in [1.165, 1.54) is 0 Å². The van der Waals surface area contributed by atoms with Crippen LogP contribution in [-0.4, -0.2) is 5.91 Å². The molecule has 1 aromatic carbocycles. The molecule has 0 atom stereocenters. The van der Waals surface area contributed by atoms with E-state index in [1.807, 2.05) is 39.8 Å². The second-order valence-electron chi connectivity index (χ2n) is 2.85. The van der Waals surface area contributed by atoms with Crippen LogP contribution >= 0.6 is 11.6 Å². The average molecular weight is 242 g/mol. The van der Waals surface area contributed by atoms with Gasteiger partial charge in [0.1, 0.15) is 0 Å². The fourth-order valence-electron chi connectivity index (χ4n) is 1.35. The van der Waals surface area contributed by atoms with Crippen molar-refractivity contribution < 1.29 is 4.79 Å². The van der Waals surface area contributed by atoms with E-state index in [4.69, 9.17) is 11.6 Å². The molecular weight excluding hydrogens is 222 g/mol. The number of carbonyl (C=O) groups excluding carboxylic acids is 1. The Kier molecular flexibility index (Phi) is 7.65. The highest BCUT2D eigenvalue weighted by molar-refractivity contribution is 6.30. The minimum atomic E-state index is 0.0878. The van der Waals surface area contributed by atoms with E-state index in [0.29, 0.717) is 6.42 Å². The Bertz CT molecular complexity index is 337. The van der Waals surface area contributed by atoms with Gasteiger partial charge in [0.25, 0.3) is 0 Å². The van der Waals surface area contributed by atoms with Gasteiger partial charge in [0.15, 0.2) is 0 Å². The van der Waals surface area contributed by atoms with Crippen LogP contribution in [0.4, 0.5) is 5.69 Å². The van der Waals surface area contributed by atoms with Gasteiger partial charge in [-0.2, -0.15) is 0 Å². The lowest BCUT2D eigenvalue weighted by Gasteiger charge is -2.16. The van der Waals surface area contributed by atoms with Gasteiger partial charge in [-0.25, -0.2) is 0 Å². The molecule has 1 amide bonds. The van der Waals surface area contributed by atoms with Gasteiger partial charge in [-0.15, -0.1) is 0 Å². The Labute approximate surface area is 103 Å². The summed E-state index contributed by atoms with van der Waals surface area (Å²) in [5.41, 5.74) is 2.03. The Morgan fingerprint density at radius 2 is 1.75 bits per heavy atom. The lowest BCUT2D eigenvalue weighted by atomic mass is 10.0. The summed E-state index contributed by atoms with van der Waals surface area (Å²) in [5.74, 6) is 0.0878. The highest BCUT2D eigenvalue weighted by Gasteiger charge is 2.13. The second-order valence-corrected chi connectivity index (χ2v) is 3.29. The zero-order valence-electron chi connectivity index (χ0n) is 10.4. The molecule has 0 aliphatic carbocycles. The zero-order valence-corrected chi connectivity index (χ0v) is 11.2. The summed E-state index contributed by atoms with van der Waals surface area (Å²) >= 11 is 5.80. The van der Waals surface area contributed by atoms with E-state index >= 15 is 0 Å². The van der Waals surface area contributed by atoms with Crippen LogP contribution in [-0.2, 0) is 11.2 Å². The van der Waals surface area contributed by atoms with Gasteiger partial charge in [-0.3, -0.25) is 4.79 Å². The van der Waals surface area contributed by atoms with Gasteiger partial charge < -0.3 is 5.32 Å². The van der Waals surface area contributed by atoms with Crippen LogP contribution in [0.1, 0.15) is 39.7 Å². The highest BCUT2D eigenvalue weighted by atomic mass is 35.5. The number of carbonyl (C=O) groups is 1. The average Bonchev–Trinajstić information content (AvgIpc) is 2.35. The van der Waals surface area contributed by atoms with E-state index in [0.717, 1.165) is 22.7 Å². The third-order valence-electron chi connectivity index (χ3n) is 1.96. The molecular formula is C13H20ClNO. The Balaban J connectivity index is 0.000000509. The maximum absolute atomic E-state index is 11.0. The minimum absolute atomic E-state index is 0.0878. The van der Waals surface area contributed by atoms with E-state index in [-0.39, 0.29) is 5.91 Å². The number of halogens is 1. The summed E-state index contributed by atoms with van der Waals surface area (Å²) < 4.78 is 0. The predicted octanol–water partition coefficient (Wildman–Crippen LogP) is 4.28. The number of hydrogen-bond donors (Lipinski definition) is 1. The van der Waals surface area contributed by atoms with Crippen LogP contribution in [0, 0.1) is 0 Å². The maximum Gasteiger partial charge on any atom is 0.224 e. The molecule has 1 aliphatic heterocycles. The lowest BCUT2D eigenvalue weighted by Crippen LogP contribution is -2.18. The summed E-state index contributed by atoms with van der Waals surface area (Å²) in [6.07, 6.45) is 1.36. The summed E-state index contributed by atoms with van der Waals surface area (Å²) in [6.45, 7) is 8.00. The van der Waals surface area contributed by atoms with Crippen molar-refractivity contribution in [2.45, 2.75) is 40.5 Å². The van der Waals surface area contributed by atoms with Crippen LogP contribution in [0.15, 0.2) is 18.2 Å². The molecule has 1 N–H and O–H groups in total. The molecule has 0 saturated carbocycles. The number of amides is 1. The topological polar surface area (TPSA) is 29.1 Å². The van der Waals surface area contributed by atoms with Gasteiger partial charge in [0, 0.05) is 17.1 Å². The van der Waals surface area contributed by atoms with Crippen molar-refractivity contribution in [3.05, 3.63) is 28.8 Å². The molecule has 0 bridgehead atoms. The van der Waals surface area contributed by atoms with Gasteiger partial charge in [-0.1, -0.05) is 39.3 Å². The Morgan fingerprint density at radius 1 is 1.12 bits per heavy atom. The monoisotopic (exact) mass is 241 g/mol. The van der Waals surface area contributed by atoms with Crippen molar-refractivity contribution in [3.63, 3.8) is 0 Å². The van der Waals surface area contributed by atoms with Gasteiger partial charge >= 0.3 is 0 Å². The number of hydrogen-bond acceptors (Lipinski definition) is 1. The van der Waals surface area contributed by atoms with Gasteiger partial charge in [-0.05, 0) is 30.2 Å². The van der Waals surface area contributed by atoms with Crippen molar-refractivity contribution in [2.75, 3.05) is 5.32 Å². The van der Waals surface area contributed by atoms with Crippen LogP contribution in [0.2, 0.25) is 5.02 Å². The molecule has 1 heterocycles. The molecule has 0 aromatic heterocycles. The molecule has 0 spiro atoms. The molecule has 1 aromatic rings. The lowest BCUT2D eigenvalue weighted by molar-refractivity contribution is -0.116. The number of aryl methyl sites for hydroxylation is 1. The minimum Gasteiger partial charge on any atom is -0.326 e. The Hall–Kier alpha value is -1.02. The van der Waals surface area contributed by atoms with Crippen LogP contribution in [0.3, 0.4) is 0 Å². The predicted molar refractivity (Wildman–Crippen MR) is 71.1 cm³/mol. The van der Waals surface area contributed by atoms with E-state index < -0.39 is 0 Å². The van der Waals surface area contributed by atoms with Crippen molar-refractivity contribution in [3.8, 4) is 0 Å². The van der Waals surface area contributed by atoms with Crippen LogP contribution in [0.5, 0.6) is 0 Å². The first kappa shape index (κ1) is 15.0. The van der Waals surface area contributed by atoms with Crippen LogP contribution in [0.25, 0.3) is 0 Å². The summed E-state index contributed by atoms with van der Waals surface area (Å²) in [5, 5.41) is 3.52. The number of rotatable bonds is 0. The quantitative estimate of drug-likeness (QED) is 0.722. The third kappa shape index (κ3) is 4.23. The third-order valence-corrected chi connectivity index (χ3v) is 2.20.